The Bertz CT molecular complexity index is 191. The third kappa shape index (κ3) is 8.03. The molecule has 0 fully saturated rings. The maximum atomic E-state index is 11.1. The molecule has 0 spiro atoms. The summed E-state index contributed by atoms with van der Waals surface area (Å²) in [4.78, 5) is 9.13. The van der Waals surface area contributed by atoms with Crippen LogP contribution in [0, 0.1) is 0 Å². The summed E-state index contributed by atoms with van der Waals surface area (Å²) in [6.45, 7) is 4.45. The lowest BCUT2D eigenvalue weighted by molar-refractivity contribution is 0.267. The molecule has 0 aromatic rings. The van der Waals surface area contributed by atoms with Crippen molar-refractivity contribution in [3.63, 3.8) is 0 Å². The second-order valence-corrected chi connectivity index (χ2v) is 4.37. The van der Waals surface area contributed by atoms with Gasteiger partial charge in [-0.05, 0) is 26.3 Å². The Balaban J connectivity index is 3.57. The van der Waals surface area contributed by atoms with Crippen LogP contribution in [0.1, 0.15) is 20.3 Å². The van der Waals surface area contributed by atoms with Crippen molar-refractivity contribution < 1.29 is 18.7 Å². The van der Waals surface area contributed by atoms with E-state index < -0.39 is 7.60 Å². The second kappa shape index (κ2) is 7.13. The number of hydrogen-bond acceptors (Lipinski definition) is 3. The normalized spacial score (nSPS) is 15.9. The lowest BCUT2D eigenvalue weighted by Gasteiger charge is -2.08. The van der Waals surface area contributed by atoms with E-state index in [-0.39, 0.29) is 12.8 Å². The number of allylic oxidation sites excluding steroid dienone is 1. The average molecular weight is 208 g/mol. The maximum Gasteiger partial charge on any atom is 0.328 e. The third-order valence-electron chi connectivity index (χ3n) is 1.27. The molecule has 0 bridgehead atoms. The van der Waals surface area contributed by atoms with Crippen molar-refractivity contribution in [1.82, 2.24) is 0 Å². The minimum absolute atomic E-state index is 0.143. The standard InChI is InChI=1S/C8H17O4P/c1-3-11-7-5-6-8-13(9,10)12-4-2/h5,7H,3-4,6,8H2,1-2H3,(H,9,10). The van der Waals surface area contributed by atoms with E-state index in [1.807, 2.05) is 6.92 Å². The highest BCUT2D eigenvalue weighted by Gasteiger charge is 2.16. The third-order valence-corrected chi connectivity index (χ3v) is 2.75. The molecule has 0 aliphatic heterocycles. The first-order chi connectivity index (χ1) is 6.12. The summed E-state index contributed by atoms with van der Waals surface area (Å²) >= 11 is 0. The Morgan fingerprint density at radius 3 is 2.62 bits per heavy atom. The largest absolute Gasteiger partial charge is 0.502 e. The van der Waals surface area contributed by atoms with E-state index in [9.17, 15) is 4.57 Å². The minimum Gasteiger partial charge on any atom is -0.502 e. The van der Waals surface area contributed by atoms with Crippen LogP contribution in [0.5, 0.6) is 0 Å². The van der Waals surface area contributed by atoms with E-state index in [0.717, 1.165) is 0 Å². The molecule has 78 valence electrons. The molecule has 1 unspecified atom stereocenters. The molecule has 0 aliphatic rings. The van der Waals surface area contributed by atoms with Gasteiger partial charge in [-0.3, -0.25) is 4.57 Å². The fourth-order valence-electron chi connectivity index (χ4n) is 0.736. The van der Waals surface area contributed by atoms with Gasteiger partial charge in [-0.25, -0.2) is 0 Å². The fraction of sp³-hybridized carbons (Fsp3) is 0.750. The first-order valence-electron chi connectivity index (χ1n) is 4.35. The van der Waals surface area contributed by atoms with Crippen molar-refractivity contribution in [2.24, 2.45) is 0 Å². The van der Waals surface area contributed by atoms with E-state index in [1.54, 1.807) is 13.0 Å². The lowest BCUT2D eigenvalue weighted by Crippen LogP contribution is -1.93. The molecule has 5 heteroatoms. The van der Waals surface area contributed by atoms with E-state index >= 15 is 0 Å². The molecule has 0 rings (SSSR count). The Morgan fingerprint density at radius 1 is 1.38 bits per heavy atom. The minimum atomic E-state index is -3.35. The number of hydrogen-bond donors (Lipinski definition) is 1. The monoisotopic (exact) mass is 208 g/mol. The van der Waals surface area contributed by atoms with E-state index in [0.29, 0.717) is 13.0 Å². The van der Waals surface area contributed by atoms with Gasteiger partial charge in [0.05, 0.1) is 25.6 Å². The van der Waals surface area contributed by atoms with Gasteiger partial charge in [-0.2, -0.15) is 0 Å². The van der Waals surface area contributed by atoms with Crippen LogP contribution < -0.4 is 0 Å². The summed E-state index contributed by atoms with van der Waals surface area (Å²) in [7, 11) is -3.35. The second-order valence-electron chi connectivity index (χ2n) is 2.39. The van der Waals surface area contributed by atoms with Gasteiger partial charge in [0.2, 0.25) is 0 Å². The SMILES string of the molecule is CCOC=CCCP(=O)(O)OCC. The van der Waals surface area contributed by atoms with Crippen molar-refractivity contribution in [3.8, 4) is 0 Å². The Labute approximate surface area is 79.1 Å². The van der Waals surface area contributed by atoms with Gasteiger partial charge >= 0.3 is 7.60 Å². The molecule has 1 atom stereocenters. The summed E-state index contributed by atoms with van der Waals surface area (Å²) in [5.41, 5.74) is 0. The molecule has 0 saturated heterocycles. The molecule has 0 radical (unpaired) electrons. The van der Waals surface area contributed by atoms with Crippen molar-refractivity contribution in [1.29, 1.82) is 0 Å². The van der Waals surface area contributed by atoms with Gasteiger partial charge in [0.1, 0.15) is 0 Å². The van der Waals surface area contributed by atoms with Gasteiger partial charge < -0.3 is 14.2 Å². The van der Waals surface area contributed by atoms with E-state index in [4.69, 9.17) is 9.63 Å². The summed E-state index contributed by atoms with van der Waals surface area (Å²) in [6, 6.07) is 0. The molecular weight excluding hydrogens is 191 g/mol. The smallest absolute Gasteiger partial charge is 0.328 e. The van der Waals surface area contributed by atoms with Crippen molar-refractivity contribution in [2.75, 3.05) is 19.4 Å². The van der Waals surface area contributed by atoms with E-state index in [1.165, 1.54) is 6.26 Å². The van der Waals surface area contributed by atoms with Crippen LogP contribution in [0.2, 0.25) is 0 Å². The molecule has 0 heterocycles. The maximum absolute atomic E-state index is 11.1. The van der Waals surface area contributed by atoms with Crippen LogP contribution >= 0.6 is 7.60 Å². The van der Waals surface area contributed by atoms with E-state index in [2.05, 4.69) is 4.52 Å². The Hall–Kier alpha value is -0.310. The highest BCUT2D eigenvalue weighted by atomic mass is 31.2. The summed E-state index contributed by atoms with van der Waals surface area (Å²) < 4.78 is 20.7. The topological polar surface area (TPSA) is 55.8 Å². The lowest BCUT2D eigenvalue weighted by atomic mass is 10.5. The van der Waals surface area contributed by atoms with Crippen LogP contribution in [0.25, 0.3) is 0 Å². The van der Waals surface area contributed by atoms with Crippen LogP contribution in [0.4, 0.5) is 0 Å². The predicted molar refractivity (Wildman–Crippen MR) is 51.7 cm³/mol. The predicted octanol–water partition coefficient (Wildman–Crippen LogP) is 2.15. The first-order valence-corrected chi connectivity index (χ1v) is 6.11. The molecule has 0 saturated carbocycles. The molecule has 0 amide bonds. The van der Waals surface area contributed by atoms with Crippen LogP contribution in [-0.4, -0.2) is 24.3 Å². The molecular formula is C8H17O4P. The van der Waals surface area contributed by atoms with Gasteiger partial charge in [-0.15, -0.1) is 0 Å². The highest BCUT2D eigenvalue weighted by molar-refractivity contribution is 7.52. The fourth-order valence-corrected chi connectivity index (χ4v) is 1.74. The zero-order valence-electron chi connectivity index (χ0n) is 8.10. The van der Waals surface area contributed by atoms with Gasteiger partial charge in [-0.1, -0.05) is 0 Å². The average Bonchev–Trinajstić information content (AvgIpc) is 2.04. The first kappa shape index (κ1) is 12.7. The molecule has 0 aromatic carbocycles. The molecule has 0 aromatic heterocycles. The highest BCUT2D eigenvalue weighted by Crippen LogP contribution is 2.42. The summed E-state index contributed by atoms with van der Waals surface area (Å²) in [5, 5.41) is 0. The van der Waals surface area contributed by atoms with Crippen molar-refractivity contribution in [2.45, 2.75) is 20.3 Å². The van der Waals surface area contributed by atoms with Crippen LogP contribution in [-0.2, 0) is 13.8 Å². The van der Waals surface area contributed by atoms with Crippen LogP contribution in [0.3, 0.4) is 0 Å². The molecule has 0 aliphatic carbocycles. The molecule has 13 heavy (non-hydrogen) atoms. The van der Waals surface area contributed by atoms with Gasteiger partial charge in [0, 0.05) is 0 Å². The van der Waals surface area contributed by atoms with Gasteiger partial charge in [0.15, 0.2) is 0 Å². The van der Waals surface area contributed by atoms with Crippen LogP contribution in [0.15, 0.2) is 12.3 Å². The van der Waals surface area contributed by atoms with Crippen molar-refractivity contribution >= 4 is 7.60 Å². The molecule has 1 N–H and O–H groups in total. The van der Waals surface area contributed by atoms with Crippen molar-refractivity contribution in [3.05, 3.63) is 12.3 Å². The summed E-state index contributed by atoms with van der Waals surface area (Å²) in [5.74, 6) is 0. The Kier molecular flexibility index (Phi) is 6.96. The molecule has 4 nitrogen and oxygen atoms in total. The quantitative estimate of drug-likeness (QED) is 0.514. The zero-order chi connectivity index (χ0) is 10.2. The van der Waals surface area contributed by atoms with Gasteiger partial charge in [0.25, 0.3) is 0 Å². The zero-order valence-corrected chi connectivity index (χ0v) is 9.00. The number of ether oxygens (including phenoxy) is 1. The number of rotatable bonds is 7. The summed E-state index contributed by atoms with van der Waals surface area (Å²) in [6.07, 6.45) is 3.88. The Morgan fingerprint density at radius 2 is 2.08 bits per heavy atom.